The first-order valence-electron chi connectivity index (χ1n) is 14.9. The van der Waals surface area contributed by atoms with Crippen LogP contribution in [0.25, 0.3) is 5.57 Å². The summed E-state index contributed by atoms with van der Waals surface area (Å²) in [5.74, 6) is -2.85. The Morgan fingerprint density at radius 3 is 2.20 bits per heavy atom. The minimum atomic E-state index is -2.93. The molecule has 1 heterocycles. The Hall–Kier alpha value is -1.89. The molecule has 0 saturated heterocycles. The van der Waals surface area contributed by atoms with Gasteiger partial charge in [0.2, 0.25) is 0 Å². The van der Waals surface area contributed by atoms with Crippen molar-refractivity contribution in [1.29, 1.82) is 0 Å². The lowest BCUT2D eigenvalue weighted by molar-refractivity contribution is 0.0174. The second kappa shape index (κ2) is 10.7. The van der Waals surface area contributed by atoms with E-state index in [9.17, 15) is 13.9 Å². The summed E-state index contributed by atoms with van der Waals surface area (Å²) in [6.45, 7) is 21.2. The molecule has 0 bridgehead atoms. The van der Waals surface area contributed by atoms with Gasteiger partial charge in [0.1, 0.15) is 6.10 Å². The lowest BCUT2D eigenvalue weighted by Gasteiger charge is -2.45. The van der Waals surface area contributed by atoms with Crippen LogP contribution in [0.2, 0.25) is 18.1 Å². The van der Waals surface area contributed by atoms with Crippen molar-refractivity contribution in [2.24, 2.45) is 5.41 Å². The number of alkyl halides is 2. The van der Waals surface area contributed by atoms with Gasteiger partial charge in [-0.15, -0.1) is 0 Å². The predicted octanol–water partition coefficient (Wildman–Crippen LogP) is 10.0. The van der Waals surface area contributed by atoms with E-state index in [0.29, 0.717) is 5.56 Å². The van der Waals surface area contributed by atoms with Gasteiger partial charge < -0.3 is 9.53 Å². The van der Waals surface area contributed by atoms with E-state index < -0.39 is 20.3 Å². The van der Waals surface area contributed by atoms with E-state index in [2.05, 4.69) is 67.6 Å². The third kappa shape index (κ3) is 6.14. The first kappa shape index (κ1) is 31.1. The molecule has 1 unspecified atom stereocenters. The van der Waals surface area contributed by atoms with E-state index in [1.165, 1.54) is 17.7 Å². The molecule has 2 aliphatic rings. The second-order valence-electron chi connectivity index (χ2n) is 14.7. The van der Waals surface area contributed by atoms with Gasteiger partial charge in [-0.1, -0.05) is 78.8 Å². The molecule has 3 nitrogen and oxygen atoms in total. The average molecular weight is 570 g/mol. The van der Waals surface area contributed by atoms with Crippen LogP contribution in [0.3, 0.4) is 0 Å². The highest BCUT2D eigenvalue weighted by Gasteiger charge is 2.45. The number of aromatic nitrogens is 1. The highest BCUT2D eigenvalue weighted by Crippen LogP contribution is 2.52. The predicted molar refractivity (Wildman–Crippen MR) is 163 cm³/mol. The average Bonchev–Trinajstić information content (AvgIpc) is 3.35. The molecule has 2 atom stereocenters. The molecule has 2 aliphatic carbocycles. The molecule has 4 rings (SSSR count). The minimum Gasteiger partial charge on any atom is -0.410 e. The van der Waals surface area contributed by atoms with E-state index >= 15 is 0 Å². The van der Waals surface area contributed by atoms with Gasteiger partial charge in [0, 0.05) is 35.0 Å². The molecule has 220 valence electrons. The fourth-order valence-corrected chi connectivity index (χ4v) is 7.28. The van der Waals surface area contributed by atoms with Crippen molar-refractivity contribution < 1.29 is 18.3 Å². The molecular weight excluding hydrogens is 520 g/mol. The van der Waals surface area contributed by atoms with Crippen molar-refractivity contribution in [2.75, 3.05) is 0 Å². The fourth-order valence-electron chi connectivity index (χ4n) is 6.01. The first-order chi connectivity index (χ1) is 18.3. The number of hydrogen-bond donors (Lipinski definition) is 1. The molecular formula is C34H49F2NO2Si. The Bertz CT molecular complexity index is 1270. The maximum absolute atomic E-state index is 14.0. The molecule has 1 N–H and O–H groups in total. The number of hydrogen-bond acceptors (Lipinski definition) is 3. The van der Waals surface area contributed by atoms with E-state index in [0.717, 1.165) is 67.1 Å². The normalized spacial score (nSPS) is 20.4. The number of fused-ring (bicyclic) bond motifs is 1. The van der Waals surface area contributed by atoms with Crippen molar-refractivity contribution >= 4 is 13.9 Å². The highest BCUT2D eigenvalue weighted by atomic mass is 28.4. The summed E-state index contributed by atoms with van der Waals surface area (Å²) in [6, 6.07) is 6.14. The molecule has 2 aromatic rings. The number of benzene rings is 1. The molecule has 40 heavy (non-hydrogen) atoms. The summed E-state index contributed by atoms with van der Waals surface area (Å²) in [5, 5.41) is 12.1. The van der Waals surface area contributed by atoms with Gasteiger partial charge in [0.25, 0.3) is 5.92 Å². The maximum Gasteiger partial charge on any atom is 0.270 e. The zero-order valence-corrected chi connectivity index (χ0v) is 27.2. The standard InChI is InChI=1S/C34H49F2NO2Si/c1-21(2)30-29(31(38)23-15-17-24(18-16-23)34(8,35)36)27(22-13-11-12-14-22)28-25(37-30)19-33(6,7)20-26(28)39-40(9,10)32(3,4)5/h13,15-18,21,26,31,38H,11-12,14,19-20H2,1-10H3/t26-,31?/m1/s1. The van der Waals surface area contributed by atoms with Crippen LogP contribution >= 0.6 is 0 Å². The second-order valence-corrected chi connectivity index (χ2v) is 19.5. The topological polar surface area (TPSA) is 42.4 Å². The number of rotatable bonds is 7. The molecule has 0 fully saturated rings. The smallest absolute Gasteiger partial charge is 0.270 e. The van der Waals surface area contributed by atoms with Gasteiger partial charge in [-0.3, -0.25) is 4.98 Å². The van der Waals surface area contributed by atoms with Gasteiger partial charge in [-0.2, -0.15) is 0 Å². The van der Waals surface area contributed by atoms with Crippen LogP contribution in [0.5, 0.6) is 0 Å². The van der Waals surface area contributed by atoms with Crippen LogP contribution in [0.1, 0.15) is 138 Å². The van der Waals surface area contributed by atoms with Gasteiger partial charge in [0.05, 0.1) is 6.10 Å². The molecule has 0 spiro atoms. The van der Waals surface area contributed by atoms with Gasteiger partial charge >= 0.3 is 0 Å². The maximum atomic E-state index is 14.0. The first-order valence-corrected chi connectivity index (χ1v) is 17.8. The third-order valence-electron chi connectivity index (χ3n) is 9.25. The van der Waals surface area contributed by atoms with Crippen LogP contribution < -0.4 is 0 Å². The van der Waals surface area contributed by atoms with E-state index in [1.54, 1.807) is 12.1 Å². The number of aliphatic hydroxyl groups excluding tert-OH is 1. The summed E-state index contributed by atoms with van der Waals surface area (Å²) in [5.41, 5.74) is 6.89. The molecule has 0 aliphatic heterocycles. The van der Waals surface area contributed by atoms with Crippen molar-refractivity contribution in [3.63, 3.8) is 0 Å². The van der Waals surface area contributed by atoms with Gasteiger partial charge in [-0.25, -0.2) is 8.78 Å². The number of aliphatic hydroxyl groups is 1. The minimum absolute atomic E-state index is 0.0317. The van der Waals surface area contributed by atoms with Crippen molar-refractivity contribution in [1.82, 2.24) is 4.98 Å². The summed E-state index contributed by atoms with van der Waals surface area (Å²) in [6.07, 6.45) is 6.02. The van der Waals surface area contributed by atoms with E-state index in [4.69, 9.17) is 9.41 Å². The van der Waals surface area contributed by atoms with Gasteiger partial charge in [0.15, 0.2) is 8.32 Å². The van der Waals surface area contributed by atoms with E-state index in [-0.39, 0.29) is 28.0 Å². The Morgan fingerprint density at radius 1 is 1.07 bits per heavy atom. The fraction of sp³-hybridized carbons (Fsp3) is 0.618. The summed E-state index contributed by atoms with van der Waals surface area (Å²) in [4.78, 5) is 5.31. The zero-order valence-electron chi connectivity index (χ0n) is 26.2. The number of nitrogens with zero attached hydrogens (tertiary/aromatic N) is 1. The largest absolute Gasteiger partial charge is 0.410 e. The van der Waals surface area contributed by atoms with Crippen LogP contribution in [-0.2, 0) is 16.8 Å². The van der Waals surface area contributed by atoms with Gasteiger partial charge in [-0.05, 0) is 78.3 Å². The van der Waals surface area contributed by atoms with Crippen LogP contribution in [0.15, 0.2) is 30.3 Å². The Labute approximate surface area is 241 Å². The quantitative estimate of drug-likeness (QED) is 0.337. The molecule has 0 saturated carbocycles. The molecule has 0 amide bonds. The molecule has 1 aromatic heterocycles. The molecule has 1 aromatic carbocycles. The summed E-state index contributed by atoms with van der Waals surface area (Å²) < 4.78 is 35.1. The Morgan fingerprint density at radius 2 is 1.70 bits per heavy atom. The summed E-state index contributed by atoms with van der Waals surface area (Å²) >= 11 is 0. The van der Waals surface area contributed by atoms with Crippen molar-refractivity contribution in [2.45, 2.75) is 130 Å². The van der Waals surface area contributed by atoms with Crippen molar-refractivity contribution in [3.8, 4) is 0 Å². The lowest BCUT2D eigenvalue weighted by Crippen LogP contribution is -2.44. The van der Waals surface area contributed by atoms with Crippen LogP contribution in [0.4, 0.5) is 8.78 Å². The lowest BCUT2D eigenvalue weighted by atomic mass is 9.71. The monoisotopic (exact) mass is 569 g/mol. The Balaban J connectivity index is 1.99. The third-order valence-corrected chi connectivity index (χ3v) is 13.7. The zero-order chi connectivity index (χ0) is 29.8. The van der Waals surface area contributed by atoms with E-state index in [1.807, 2.05) is 0 Å². The highest BCUT2D eigenvalue weighted by molar-refractivity contribution is 6.74. The van der Waals surface area contributed by atoms with Crippen LogP contribution in [0, 0.1) is 5.41 Å². The van der Waals surface area contributed by atoms with Crippen LogP contribution in [-0.4, -0.2) is 18.4 Å². The molecule has 0 radical (unpaired) electrons. The summed E-state index contributed by atoms with van der Waals surface area (Å²) in [7, 11) is -2.13. The number of allylic oxidation sites excluding steroid dienone is 2. The molecule has 6 heteroatoms. The van der Waals surface area contributed by atoms with Crippen molar-refractivity contribution in [3.05, 3.63) is 69.5 Å². The number of halogens is 2. The number of pyridine rings is 1. The Kier molecular flexibility index (Phi) is 8.34. The SMILES string of the molecule is CC(C)c1nc2c(c(C3=CCCC3)c1C(O)c1ccc(C(C)(F)F)cc1)[C@H](O[Si](C)(C)C(C)(C)C)CC(C)(C)C2.